The molecular weight excluding hydrogens is 352 g/mol. The van der Waals surface area contributed by atoms with E-state index < -0.39 is 47.8 Å². The van der Waals surface area contributed by atoms with Crippen LogP contribution in [0.15, 0.2) is 52.2 Å². The summed E-state index contributed by atoms with van der Waals surface area (Å²) in [6.45, 7) is 3.49. The van der Waals surface area contributed by atoms with Crippen molar-refractivity contribution in [2.24, 2.45) is 0 Å². The molecule has 0 saturated carbocycles. The maximum atomic E-state index is 12.9. The minimum absolute atomic E-state index is 0.129. The van der Waals surface area contributed by atoms with Crippen LogP contribution >= 0.6 is 0 Å². The maximum absolute atomic E-state index is 12.9. The standard InChI is InChI=1S/C19H24N2O6/c1-19(2,12-6-4-3-5-7-12)11-21-14(23)8-9-20(18(21)26)17-16(25)15(24)13(10-22)27-17/h3-9,13,15-17,22,24-25H,10-11H2,1-2H3/t13-,15?,16?,17-/m1/s1. The van der Waals surface area contributed by atoms with Gasteiger partial charge in [-0.05, 0) is 5.56 Å². The Hall–Kier alpha value is -2.26. The highest BCUT2D eigenvalue weighted by Gasteiger charge is 2.44. The lowest BCUT2D eigenvalue weighted by Crippen LogP contribution is -2.45. The van der Waals surface area contributed by atoms with Gasteiger partial charge >= 0.3 is 5.69 Å². The van der Waals surface area contributed by atoms with Crippen molar-refractivity contribution in [3.8, 4) is 0 Å². The molecule has 3 N–H and O–H groups in total. The smallest absolute Gasteiger partial charge is 0.333 e. The van der Waals surface area contributed by atoms with Crippen LogP contribution in [0, 0.1) is 0 Å². The Labute approximate surface area is 155 Å². The number of rotatable bonds is 5. The van der Waals surface area contributed by atoms with Crippen LogP contribution < -0.4 is 11.2 Å². The lowest BCUT2D eigenvalue weighted by atomic mass is 9.84. The van der Waals surface area contributed by atoms with Gasteiger partial charge in [-0.25, -0.2) is 4.79 Å². The van der Waals surface area contributed by atoms with E-state index in [1.54, 1.807) is 0 Å². The Bertz CT molecular complexity index is 904. The zero-order valence-corrected chi connectivity index (χ0v) is 15.2. The third kappa shape index (κ3) is 3.61. The molecule has 0 amide bonds. The normalized spacial score (nSPS) is 25.7. The third-order valence-electron chi connectivity index (χ3n) is 5.00. The van der Waals surface area contributed by atoms with Gasteiger partial charge in [0, 0.05) is 24.2 Å². The minimum Gasteiger partial charge on any atom is -0.394 e. The van der Waals surface area contributed by atoms with Crippen molar-refractivity contribution in [1.82, 2.24) is 9.13 Å². The number of hydrogen-bond donors (Lipinski definition) is 3. The predicted molar refractivity (Wildman–Crippen MR) is 97.4 cm³/mol. The second-order valence-corrected chi connectivity index (χ2v) is 7.41. The summed E-state index contributed by atoms with van der Waals surface area (Å²) in [6, 6.07) is 10.8. The van der Waals surface area contributed by atoms with Gasteiger partial charge in [0.05, 0.1) is 6.61 Å². The van der Waals surface area contributed by atoms with Crippen LogP contribution in [0.25, 0.3) is 0 Å². The molecule has 0 radical (unpaired) electrons. The summed E-state index contributed by atoms with van der Waals surface area (Å²) in [4.78, 5) is 25.3. The first-order valence-electron chi connectivity index (χ1n) is 8.76. The van der Waals surface area contributed by atoms with Crippen molar-refractivity contribution in [2.45, 2.75) is 50.3 Å². The topological polar surface area (TPSA) is 114 Å². The number of nitrogens with zero attached hydrogens (tertiary/aromatic N) is 2. The molecular formula is C19H24N2O6. The van der Waals surface area contributed by atoms with Crippen molar-refractivity contribution in [2.75, 3.05) is 6.61 Å². The molecule has 1 aliphatic rings. The molecule has 146 valence electrons. The Kier molecular flexibility index (Phi) is 5.34. The van der Waals surface area contributed by atoms with Gasteiger partial charge in [0.15, 0.2) is 6.23 Å². The number of aliphatic hydroxyl groups is 3. The molecule has 2 heterocycles. The van der Waals surface area contributed by atoms with E-state index in [1.165, 1.54) is 12.3 Å². The van der Waals surface area contributed by atoms with Crippen LogP contribution in [0.3, 0.4) is 0 Å². The number of aliphatic hydroxyl groups excluding tert-OH is 3. The number of benzene rings is 1. The Morgan fingerprint density at radius 3 is 2.33 bits per heavy atom. The van der Waals surface area contributed by atoms with Crippen LogP contribution in [0.2, 0.25) is 0 Å². The van der Waals surface area contributed by atoms with Crippen molar-refractivity contribution >= 4 is 0 Å². The molecule has 1 aromatic carbocycles. The fourth-order valence-corrected chi connectivity index (χ4v) is 3.36. The molecule has 1 fully saturated rings. The highest BCUT2D eigenvalue weighted by atomic mass is 16.6. The van der Waals surface area contributed by atoms with E-state index in [0.717, 1.165) is 14.7 Å². The predicted octanol–water partition coefficient (Wildman–Crippen LogP) is -0.401. The van der Waals surface area contributed by atoms with Crippen molar-refractivity contribution < 1.29 is 20.1 Å². The molecule has 2 aromatic rings. The summed E-state index contributed by atoms with van der Waals surface area (Å²) >= 11 is 0. The molecule has 0 aliphatic carbocycles. The molecule has 0 spiro atoms. The lowest BCUT2D eigenvalue weighted by molar-refractivity contribution is -0.0557. The zero-order valence-electron chi connectivity index (χ0n) is 15.2. The van der Waals surface area contributed by atoms with E-state index in [1.807, 2.05) is 44.2 Å². The fraction of sp³-hybridized carbons (Fsp3) is 0.474. The SMILES string of the molecule is CC(C)(Cn1c(=O)ccn([C@@H]2O[C@H](CO)C(O)C2O)c1=O)c1ccccc1. The summed E-state index contributed by atoms with van der Waals surface area (Å²) in [6.07, 6.45) is -3.67. The Morgan fingerprint density at radius 1 is 1.07 bits per heavy atom. The van der Waals surface area contributed by atoms with Gasteiger partial charge in [-0.15, -0.1) is 0 Å². The summed E-state index contributed by atoms with van der Waals surface area (Å²) in [5.74, 6) is 0. The number of hydrogen-bond acceptors (Lipinski definition) is 6. The molecule has 8 nitrogen and oxygen atoms in total. The number of ether oxygens (including phenoxy) is 1. The van der Waals surface area contributed by atoms with E-state index in [9.17, 15) is 24.9 Å². The minimum atomic E-state index is -1.40. The monoisotopic (exact) mass is 376 g/mol. The van der Waals surface area contributed by atoms with E-state index in [0.29, 0.717) is 0 Å². The quantitative estimate of drug-likeness (QED) is 0.654. The first-order valence-corrected chi connectivity index (χ1v) is 8.76. The Morgan fingerprint density at radius 2 is 1.74 bits per heavy atom. The van der Waals surface area contributed by atoms with Crippen LogP contribution in [0.1, 0.15) is 25.6 Å². The summed E-state index contributed by atoms with van der Waals surface area (Å²) < 4.78 is 7.57. The van der Waals surface area contributed by atoms with Crippen LogP contribution in [-0.2, 0) is 16.7 Å². The Balaban J connectivity index is 1.98. The average Bonchev–Trinajstić information content (AvgIpc) is 2.94. The molecule has 27 heavy (non-hydrogen) atoms. The van der Waals surface area contributed by atoms with Crippen molar-refractivity contribution in [3.05, 3.63) is 69.0 Å². The van der Waals surface area contributed by atoms with Gasteiger partial charge in [0.2, 0.25) is 0 Å². The summed E-state index contributed by atoms with van der Waals surface area (Å²) in [5.41, 5.74) is -0.640. The van der Waals surface area contributed by atoms with Gasteiger partial charge in [0.25, 0.3) is 5.56 Å². The van der Waals surface area contributed by atoms with E-state index >= 15 is 0 Å². The molecule has 1 aliphatic heterocycles. The van der Waals surface area contributed by atoms with E-state index in [4.69, 9.17) is 4.74 Å². The second kappa shape index (κ2) is 7.40. The maximum Gasteiger partial charge on any atom is 0.333 e. The largest absolute Gasteiger partial charge is 0.394 e. The number of aromatic nitrogens is 2. The molecule has 8 heteroatoms. The van der Waals surface area contributed by atoms with Crippen LogP contribution in [0.5, 0.6) is 0 Å². The van der Waals surface area contributed by atoms with Gasteiger partial charge in [-0.1, -0.05) is 44.2 Å². The first-order chi connectivity index (χ1) is 12.8. The van der Waals surface area contributed by atoms with Crippen molar-refractivity contribution in [3.63, 3.8) is 0 Å². The van der Waals surface area contributed by atoms with E-state index in [-0.39, 0.29) is 6.54 Å². The lowest BCUT2D eigenvalue weighted by Gasteiger charge is -2.27. The van der Waals surface area contributed by atoms with Crippen LogP contribution in [0.4, 0.5) is 0 Å². The highest BCUT2D eigenvalue weighted by molar-refractivity contribution is 5.23. The summed E-state index contributed by atoms with van der Waals surface area (Å²) in [7, 11) is 0. The zero-order chi connectivity index (χ0) is 19.8. The first kappa shape index (κ1) is 19.5. The van der Waals surface area contributed by atoms with Gasteiger partial charge < -0.3 is 20.1 Å². The summed E-state index contributed by atoms with van der Waals surface area (Å²) in [5, 5.41) is 29.3. The molecule has 4 atom stereocenters. The molecule has 0 bridgehead atoms. The highest BCUT2D eigenvalue weighted by Crippen LogP contribution is 2.28. The average molecular weight is 376 g/mol. The fourth-order valence-electron chi connectivity index (χ4n) is 3.36. The molecule has 3 rings (SSSR count). The van der Waals surface area contributed by atoms with Crippen molar-refractivity contribution in [1.29, 1.82) is 0 Å². The van der Waals surface area contributed by atoms with E-state index in [2.05, 4.69) is 0 Å². The second-order valence-electron chi connectivity index (χ2n) is 7.41. The third-order valence-corrected chi connectivity index (χ3v) is 5.00. The molecule has 1 saturated heterocycles. The van der Waals surface area contributed by atoms with Crippen LogP contribution in [-0.4, -0.2) is 49.4 Å². The van der Waals surface area contributed by atoms with Gasteiger partial charge in [-0.3, -0.25) is 13.9 Å². The molecule has 1 aromatic heterocycles. The molecule has 2 unspecified atom stereocenters. The van der Waals surface area contributed by atoms with Gasteiger partial charge in [0.1, 0.15) is 18.3 Å². The van der Waals surface area contributed by atoms with Gasteiger partial charge in [-0.2, -0.15) is 0 Å².